The molecule has 3 saturated carbocycles. The number of guanidine groups is 1. The molecule has 0 aromatic heterocycles. The van der Waals surface area contributed by atoms with Gasteiger partial charge in [0.15, 0.2) is 5.96 Å². The van der Waals surface area contributed by atoms with E-state index in [-0.39, 0.29) is 0 Å². The van der Waals surface area contributed by atoms with Crippen LogP contribution in [-0.2, 0) is 5.41 Å². The summed E-state index contributed by atoms with van der Waals surface area (Å²) < 4.78 is 0. The second kappa shape index (κ2) is 7.36. The summed E-state index contributed by atoms with van der Waals surface area (Å²) in [6.07, 6.45) is 8.25. The van der Waals surface area contributed by atoms with Crippen LogP contribution in [0.15, 0.2) is 35.3 Å². The summed E-state index contributed by atoms with van der Waals surface area (Å²) in [6.45, 7) is 4.42. The van der Waals surface area contributed by atoms with Crippen LogP contribution < -0.4 is 10.6 Å². The lowest BCUT2D eigenvalue weighted by Crippen LogP contribution is -2.44. The van der Waals surface area contributed by atoms with E-state index in [9.17, 15) is 0 Å². The normalized spacial score (nSPS) is 22.1. The molecule has 0 spiro atoms. The number of nitrogens with zero attached hydrogens (tertiary/aromatic N) is 2. The molecule has 0 heterocycles. The van der Waals surface area contributed by atoms with Crippen molar-refractivity contribution in [3.8, 4) is 0 Å². The van der Waals surface area contributed by atoms with Gasteiger partial charge in [0.25, 0.3) is 0 Å². The topological polar surface area (TPSA) is 39.7 Å². The van der Waals surface area contributed by atoms with Crippen LogP contribution in [0.25, 0.3) is 0 Å². The summed E-state index contributed by atoms with van der Waals surface area (Å²) in [7, 11) is 1.88. The monoisotopic (exact) mass is 340 g/mol. The van der Waals surface area contributed by atoms with Gasteiger partial charge in [0.05, 0.1) is 0 Å². The van der Waals surface area contributed by atoms with Crippen molar-refractivity contribution in [1.82, 2.24) is 15.5 Å². The first kappa shape index (κ1) is 16.9. The number of rotatable bonds is 9. The molecule has 1 aromatic carbocycles. The third-order valence-corrected chi connectivity index (χ3v) is 6.00. The quantitative estimate of drug-likeness (QED) is 0.536. The zero-order chi connectivity index (χ0) is 17.1. The zero-order valence-electron chi connectivity index (χ0n) is 15.5. The van der Waals surface area contributed by atoms with Crippen LogP contribution in [0, 0.1) is 5.92 Å². The molecule has 0 atom stereocenters. The Labute approximate surface area is 152 Å². The fourth-order valence-electron chi connectivity index (χ4n) is 3.80. The molecular formula is C21H32N4. The third-order valence-electron chi connectivity index (χ3n) is 6.00. The van der Waals surface area contributed by atoms with Crippen LogP contribution in [0.1, 0.15) is 44.1 Å². The molecule has 3 aliphatic rings. The van der Waals surface area contributed by atoms with Gasteiger partial charge >= 0.3 is 0 Å². The molecule has 1 aromatic rings. The molecule has 0 amide bonds. The van der Waals surface area contributed by atoms with Crippen molar-refractivity contribution in [2.45, 2.75) is 50.0 Å². The Morgan fingerprint density at radius 1 is 1.12 bits per heavy atom. The maximum atomic E-state index is 4.42. The van der Waals surface area contributed by atoms with Gasteiger partial charge in [0, 0.05) is 44.7 Å². The highest BCUT2D eigenvalue weighted by molar-refractivity contribution is 5.79. The second-order valence-electron chi connectivity index (χ2n) is 8.17. The first-order valence-electron chi connectivity index (χ1n) is 10.0. The van der Waals surface area contributed by atoms with Crippen LogP contribution in [0.4, 0.5) is 0 Å². The zero-order valence-corrected chi connectivity index (χ0v) is 15.5. The second-order valence-corrected chi connectivity index (χ2v) is 8.17. The average Bonchev–Trinajstić information content (AvgIpc) is 3.47. The van der Waals surface area contributed by atoms with E-state index >= 15 is 0 Å². The fourth-order valence-corrected chi connectivity index (χ4v) is 3.80. The van der Waals surface area contributed by atoms with Crippen molar-refractivity contribution in [2.24, 2.45) is 10.9 Å². The Balaban J connectivity index is 1.21. The van der Waals surface area contributed by atoms with Crippen molar-refractivity contribution >= 4 is 5.96 Å². The van der Waals surface area contributed by atoms with Crippen LogP contribution in [0.2, 0.25) is 0 Å². The van der Waals surface area contributed by atoms with Gasteiger partial charge in [-0.3, -0.25) is 9.89 Å². The number of benzene rings is 1. The van der Waals surface area contributed by atoms with E-state index in [1.165, 1.54) is 50.6 Å². The maximum Gasteiger partial charge on any atom is 0.191 e. The van der Waals surface area contributed by atoms with Gasteiger partial charge in [-0.2, -0.15) is 0 Å². The molecule has 0 saturated heterocycles. The Morgan fingerprint density at radius 3 is 2.48 bits per heavy atom. The predicted octanol–water partition coefficient (Wildman–Crippen LogP) is 2.76. The minimum absolute atomic E-state index is 0.324. The molecule has 136 valence electrons. The van der Waals surface area contributed by atoms with Gasteiger partial charge in [-0.25, -0.2) is 0 Å². The van der Waals surface area contributed by atoms with Gasteiger partial charge < -0.3 is 10.6 Å². The lowest BCUT2D eigenvalue weighted by molar-refractivity contribution is 0.256. The number of hydrogen-bond acceptors (Lipinski definition) is 2. The molecule has 0 aliphatic heterocycles. The highest BCUT2D eigenvalue weighted by Crippen LogP contribution is 2.47. The molecule has 0 unspecified atom stereocenters. The van der Waals surface area contributed by atoms with Crippen molar-refractivity contribution in [2.75, 3.05) is 33.2 Å². The van der Waals surface area contributed by atoms with Crippen LogP contribution in [-0.4, -0.2) is 50.1 Å². The molecule has 25 heavy (non-hydrogen) atoms. The molecule has 0 radical (unpaired) electrons. The summed E-state index contributed by atoms with van der Waals surface area (Å²) in [4.78, 5) is 7.12. The average molecular weight is 341 g/mol. The first-order valence-corrected chi connectivity index (χ1v) is 10.0. The molecule has 2 N–H and O–H groups in total. The molecule has 4 heteroatoms. The Bertz CT molecular complexity index is 585. The van der Waals surface area contributed by atoms with Crippen molar-refractivity contribution < 1.29 is 0 Å². The van der Waals surface area contributed by atoms with Gasteiger partial charge in [-0.05, 0) is 50.0 Å². The summed E-state index contributed by atoms with van der Waals surface area (Å²) >= 11 is 0. The van der Waals surface area contributed by atoms with Crippen LogP contribution in [0.3, 0.4) is 0 Å². The van der Waals surface area contributed by atoms with Gasteiger partial charge in [-0.1, -0.05) is 30.3 Å². The SMILES string of the molecule is CN=C(NCCN(CC1CC1)C1CC1)NCC1(c2ccccc2)CC1. The Morgan fingerprint density at radius 2 is 1.88 bits per heavy atom. The predicted molar refractivity (Wildman–Crippen MR) is 104 cm³/mol. The molecular weight excluding hydrogens is 308 g/mol. The summed E-state index contributed by atoms with van der Waals surface area (Å²) in [6, 6.07) is 11.8. The molecule has 3 fully saturated rings. The highest BCUT2D eigenvalue weighted by atomic mass is 15.2. The maximum absolute atomic E-state index is 4.42. The van der Waals surface area contributed by atoms with E-state index in [0.717, 1.165) is 37.6 Å². The van der Waals surface area contributed by atoms with Crippen molar-refractivity contribution in [1.29, 1.82) is 0 Å². The van der Waals surface area contributed by atoms with E-state index in [1.807, 2.05) is 7.05 Å². The third kappa shape index (κ3) is 4.55. The standard InChI is InChI=1S/C21H32N4/c1-22-20(23-13-14-25(19-9-10-19)15-17-7-8-17)24-16-21(11-12-21)18-5-3-2-4-6-18/h2-6,17,19H,7-16H2,1H3,(H2,22,23,24). The largest absolute Gasteiger partial charge is 0.356 e. The van der Waals surface area contributed by atoms with Crippen LogP contribution in [0.5, 0.6) is 0 Å². The summed E-state index contributed by atoms with van der Waals surface area (Å²) in [5.41, 5.74) is 1.78. The van der Waals surface area contributed by atoms with Crippen molar-refractivity contribution in [3.05, 3.63) is 35.9 Å². The minimum Gasteiger partial charge on any atom is -0.356 e. The molecule has 4 nitrogen and oxygen atoms in total. The number of nitrogens with one attached hydrogen (secondary N) is 2. The summed E-state index contributed by atoms with van der Waals surface area (Å²) in [5.74, 6) is 1.93. The lowest BCUT2D eigenvalue weighted by Gasteiger charge is -2.23. The smallest absolute Gasteiger partial charge is 0.191 e. The highest BCUT2D eigenvalue weighted by Gasteiger charge is 2.44. The first-order chi connectivity index (χ1) is 12.3. The molecule has 0 bridgehead atoms. The molecule has 3 aliphatic carbocycles. The number of hydrogen-bond donors (Lipinski definition) is 2. The van der Waals surface area contributed by atoms with Gasteiger partial charge in [0.1, 0.15) is 0 Å². The van der Waals surface area contributed by atoms with E-state index < -0.39 is 0 Å². The fraction of sp³-hybridized carbons (Fsp3) is 0.667. The van der Waals surface area contributed by atoms with Gasteiger partial charge in [0.2, 0.25) is 0 Å². The van der Waals surface area contributed by atoms with Crippen LogP contribution >= 0.6 is 0 Å². The van der Waals surface area contributed by atoms with E-state index in [2.05, 4.69) is 50.9 Å². The summed E-state index contributed by atoms with van der Waals surface area (Å²) in [5, 5.41) is 7.09. The molecule has 4 rings (SSSR count). The van der Waals surface area contributed by atoms with Crippen molar-refractivity contribution in [3.63, 3.8) is 0 Å². The van der Waals surface area contributed by atoms with E-state index in [1.54, 1.807) is 0 Å². The Hall–Kier alpha value is -1.55. The van der Waals surface area contributed by atoms with Gasteiger partial charge in [-0.15, -0.1) is 0 Å². The Kier molecular flexibility index (Phi) is 4.98. The van der Waals surface area contributed by atoms with E-state index in [0.29, 0.717) is 5.41 Å². The number of aliphatic imine (C=N–C) groups is 1. The lowest BCUT2D eigenvalue weighted by atomic mass is 9.96. The minimum atomic E-state index is 0.324. The van der Waals surface area contributed by atoms with E-state index in [4.69, 9.17) is 0 Å².